The van der Waals surface area contributed by atoms with E-state index in [9.17, 15) is 33.3 Å². The van der Waals surface area contributed by atoms with E-state index in [1.807, 2.05) is 0 Å². The average molecular weight is 694 g/mol. The van der Waals surface area contributed by atoms with Crippen LogP contribution in [0.15, 0.2) is 12.1 Å². The second-order valence-corrected chi connectivity index (χ2v) is 14.4. The highest BCUT2D eigenvalue weighted by atomic mass is 32.2. The Hall–Kier alpha value is -3.36. The van der Waals surface area contributed by atoms with E-state index in [1.54, 1.807) is 26.0 Å². The highest BCUT2D eigenvalue weighted by Crippen LogP contribution is 2.27. The number of carbonyl (C=O) groups excluding carboxylic acids is 5. The molecule has 0 spiro atoms. The summed E-state index contributed by atoms with van der Waals surface area (Å²) in [6.07, 6.45) is 9.35. The van der Waals surface area contributed by atoms with Gasteiger partial charge in [-0.1, -0.05) is 38.5 Å². The van der Waals surface area contributed by atoms with Gasteiger partial charge in [0.15, 0.2) is 0 Å². The number of benzene rings is 1. The van der Waals surface area contributed by atoms with Gasteiger partial charge in [-0.3, -0.25) is 33.1 Å². The molecule has 1 aromatic rings. The number of hydrogen-bond acceptors (Lipinski definition) is 10. The predicted octanol–water partition coefficient (Wildman–Crippen LogP) is 1.63. The molecule has 48 heavy (non-hydrogen) atoms. The molecule has 13 nitrogen and oxygen atoms in total. The number of phenols is 1. The summed E-state index contributed by atoms with van der Waals surface area (Å²) >= 11 is 0. The van der Waals surface area contributed by atoms with Crippen molar-refractivity contribution < 1.29 is 38.0 Å². The van der Waals surface area contributed by atoms with E-state index in [2.05, 4.69) is 15.4 Å². The first-order valence-electron chi connectivity index (χ1n) is 16.8. The molecule has 1 fully saturated rings. The first-order chi connectivity index (χ1) is 22.7. The SMILES string of the molecule is COC(=O)CCCCCNC(=O)[C@H](CC1CCCCC1)NC(=O)CN(C(=O)[C@H](N)CCS(C)=O)C(=O)[C@@H](N)Cc1c(C)cc(O)cc1C. The Morgan fingerprint density at radius 2 is 1.62 bits per heavy atom. The third-order valence-electron chi connectivity index (χ3n) is 8.82. The quantitative estimate of drug-likeness (QED) is 0.104. The Kier molecular flexibility index (Phi) is 17.8. The summed E-state index contributed by atoms with van der Waals surface area (Å²) in [5.41, 5.74) is 14.6. The summed E-state index contributed by atoms with van der Waals surface area (Å²) in [6.45, 7) is 3.22. The van der Waals surface area contributed by atoms with Crippen molar-refractivity contribution >= 4 is 40.4 Å². The number of nitrogens with two attached hydrogens (primary N) is 2. The van der Waals surface area contributed by atoms with Crippen LogP contribution in [-0.4, -0.2) is 94.1 Å². The number of unbranched alkanes of at least 4 members (excludes halogenated alkanes) is 2. The Labute approximate surface area is 286 Å². The molecule has 0 saturated heterocycles. The number of methoxy groups -OCH3 is 1. The summed E-state index contributed by atoms with van der Waals surface area (Å²) in [6, 6.07) is -0.185. The molecule has 1 aromatic carbocycles. The molecule has 1 aliphatic carbocycles. The van der Waals surface area contributed by atoms with Gasteiger partial charge < -0.3 is 31.9 Å². The van der Waals surface area contributed by atoms with E-state index in [-0.39, 0.29) is 42.1 Å². The molecular formula is C34H55N5O8S. The molecule has 2 rings (SSSR count). The standard InChI is InChI=1S/C34H55N5O8S/c1-22-17-25(40)18-23(2)26(22)20-28(36)34(45)39(33(44)27(35)14-16-48(4)46)21-30(41)38-29(19-24-11-7-5-8-12-24)32(43)37-15-10-6-9-13-31(42)47-3/h17-18,24,27-29,40H,5-16,19-21,35-36H2,1-4H3,(H,37,43)(H,38,41)/t27-,28+,29+,48?/m1/s1. The van der Waals surface area contributed by atoms with E-state index < -0.39 is 53.2 Å². The molecule has 0 aliphatic heterocycles. The molecule has 0 bridgehead atoms. The van der Waals surface area contributed by atoms with Crippen LogP contribution in [0.1, 0.15) is 87.3 Å². The van der Waals surface area contributed by atoms with Crippen molar-refractivity contribution in [3.05, 3.63) is 28.8 Å². The Morgan fingerprint density at radius 1 is 1.00 bits per heavy atom. The van der Waals surface area contributed by atoms with Crippen molar-refractivity contribution in [1.29, 1.82) is 0 Å². The molecule has 1 aliphatic rings. The predicted molar refractivity (Wildman–Crippen MR) is 184 cm³/mol. The van der Waals surface area contributed by atoms with Crippen LogP contribution in [0, 0.1) is 19.8 Å². The van der Waals surface area contributed by atoms with Crippen molar-refractivity contribution in [3.63, 3.8) is 0 Å². The number of imide groups is 1. The number of amides is 4. The fraction of sp³-hybridized carbons (Fsp3) is 0.676. The van der Waals surface area contributed by atoms with Crippen molar-refractivity contribution in [3.8, 4) is 5.75 Å². The summed E-state index contributed by atoms with van der Waals surface area (Å²) in [7, 11) is 0.110. The average Bonchev–Trinajstić information content (AvgIpc) is 3.04. The Bertz CT molecular complexity index is 1260. The monoisotopic (exact) mass is 693 g/mol. The van der Waals surface area contributed by atoms with Crippen LogP contribution in [0.3, 0.4) is 0 Å². The zero-order chi connectivity index (χ0) is 35.8. The minimum atomic E-state index is -1.23. The number of phenolic OH excluding ortho intramolecular Hbond substituents is 1. The van der Waals surface area contributed by atoms with E-state index in [0.717, 1.165) is 42.6 Å². The second-order valence-electron chi connectivity index (χ2n) is 12.8. The first kappa shape index (κ1) is 40.8. The van der Waals surface area contributed by atoms with Crippen LogP contribution in [0.25, 0.3) is 0 Å². The van der Waals surface area contributed by atoms with Crippen molar-refractivity contribution in [2.45, 2.75) is 109 Å². The molecule has 4 amide bonds. The van der Waals surface area contributed by atoms with Crippen LogP contribution >= 0.6 is 0 Å². The number of nitrogens with one attached hydrogen (secondary N) is 2. The van der Waals surface area contributed by atoms with Crippen LogP contribution in [0.4, 0.5) is 0 Å². The van der Waals surface area contributed by atoms with Crippen molar-refractivity contribution in [1.82, 2.24) is 15.5 Å². The molecular weight excluding hydrogens is 638 g/mol. The molecule has 4 atom stereocenters. The topological polar surface area (TPSA) is 211 Å². The van der Waals surface area contributed by atoms with E-state index in [0.29, 0.717) is 49.8 Å². The van der Waals surface area contributed by atoms with Gasteiger partial charge in [-0.2, -0.15) is 0 Å². The maximum absolute atomic E-state index is 13.7. The molecule has 7 N–H and O–H groups in total. The lowest BCUT2D eigenvalue weighted by atomic mass is 9.84. The van der Waals surface area contributed by atoms with Crippen LogP contribution in [-0.2, 0) is 45.9 Å². The number of aromatic hydroxyl groups is 1. The lowest BCUT2D eigenvalue weighted by Crippen LogP contribution is -2.57. The molecule has 270 valence electrons. The van der Waals surface area contributed by atoms with Gasteiger partial charge in [0.05, 0.1) is 19.2 Å². The van der Waals surface area contributed by atoms with Gasteiger partial charge in [0.1, 0.15) is 18.3 Å². The lowest BCUT2D eigenvalue weighted by Gasteiger charge is -2.29. The Morgan fingerprint density at radius 3 is 2.23 bits per heavy atom. The molecule has 0 radical (unpaired) electrons. The molecule has 0 aromatic heterocycles. The van der Waals surface area contributed by atoms with E-state index in [4.69, 9.17) is 11.5 Å². The lowest BCUT2D eigenvalue weighted by molar-refractivity contribution is -0.149. The Balaban J connectivity index is 2.20. The van der Waals surface area contributed by atoms with Gasteiger partial charge in [-0.05, 0) is 80.7 Å². The molecule has 14 heteroatoms. The van der Waals surface area contributed by atoms with Gasteiger partial charge in [0.2, 0.25) is 23.6 Å². The zero-order valence-corrected chi connectivity index (χ0v) is 29.7. The van der Waals surface area contributed by atoms with Gasteiger partial charge in [-0.25, -0.2) is 0 Å². The summed E-state index contributed by atoms with van der Waals surface area (Å²) in [5, 5.41) is 15.6. The van der Waals surface area contributed by atoms with Gasteiger partial charge in [-0.15, -0.1) is 0 Å². The van der Waals surface area contributed by atoms with Gasteiger partial charge in [0, 0.05) is 35.8 Å². The zero-order valence-electron chi connectivity index (χ0n) is 28.9. The maximum atomic E-state index is 13.7. The number of carbonyl (C=O) groups is 5. The minimum absolute atomic E-state index is 0.0328. The first-order valence-corrected chi connectivity index (χ1v) is 18.6. The molecule has 0 heterocycles. The summed E-state index contributed by atoms with van der Waals surface area (Å²) in [4.78, 5) is 66.1. The minimum Gasteiger partial charge on any atom is -0.508 e. The second kappa shape index (κ2) is 20.9. The van der Waals surface area contributed by atoms with Gasteiger partial charge in [0.25, 0.3) is 0 Å². The summed E-state index contributed by atoms with van der Waals surface area (Å²) in [5.74, 6) is -2.54. The van der Waals surface area contributed by atoms with Crippen LogP contribution in [0.5, 0.6) is 5.75 Å². The normalized spacial score (nSPS) is 15.9. The maximum Gasteiger partial charge on any atom is 0.305 e. The fourth-order valence-corrected chi connectivity index (χ4v) is 6.65. The van der Waals surface area contributed by atoms with Crippen LogP contribution in [0.2, 0.25) is 0 Å². The third kappa shape index (κ3) is 14.0. The number of aryl methyl sites for hydroxylation is 2. The van der Waals surface area contributed by atoms with E-state index in [1.165, 1.54) is 13.4 Å². The highest BCUT2D eigenvalue weighted by Gasteiger charge is 2.34. The van der Waals surface area contributed by atoms with Gasteiger partial charge >= 0.3 is 5.97 Å². The van der Waals surface area contributed by atoms with Crippen molar-refractivity contribution in [2.75, 3.05) is 32.2 Å². The smallest absolute Gasteiger partial charge is 0.305 e. The van der Waals surface area contributed by atoms with Crippen LogP contribution < -0.4 is 22.1 Å². The number of esters is 1. The molecule has 1 unspecified atom stereocenters. The van der Waals surface area contributed by atoms with E-state index >= 15 is 0 Å². The highest BCUT2D eigenvalue weighted by molar-refractivity contribution is 7.84. The summed E-state index contributed by atoms with van der Waals surface area (Å²) < 4.78 is 16.3. The number of rotatable bonds is 19. The number of ether oxygens (including phenoxy) is 1. The third-order valence-corrected chi connectivity index (χ3v) is 9.63. The fourth-order valence-electron chi connectivity index (χ4n) is 6.06. The number of nitrogens with zero attached hydrogens (tertiary/aromatic N) is 1. The number of hydrogen-bond donors (Lipinski definition) is 5. The largest absolute Gasteiger partial charge is 0.508 e. The van der Waals surface area contributed by atoms with Crippen molar-refractivity contribution in [2.24, 2.45) is 17.4 Å². The molecule has 1 saturated carbocycles.